The second-order valence-electron chi connectivity index (χ2n) is 6.26. The normalized spacial score (nSPS) is 15.0. The van der Waals surface area contributed by atoms with E-state index in [2.05, 4.69) is 54.8 Å². The Morgan fingerprint density at radius 2 is 2.08 bits per heavy atom. The number of nitrogens with zero attached hydrogens (tertiary/aromatic N) is 3. The van der Waals surface area contributed by atoms with Gasteiger partial charge in [0.2, 0.25) is 0 Å². The molecule has 1 aliphatic carbocycles. The lowest BCUT2D eigenvalue weighted by Gasteiger charge is -2.16. The van der Waals surface area contributed by atoms with Crippen LogP contribution in [-0.2, 0) is 6.54 Å². The van der Waals surface area contributed by atoms with Gasteiger partial charge in [-0.3, -0.25) is 4.98 Å². The van der Waals surface area contributed by atoms with Crippen LogP contribution in [0.5, 0.6) is 0 Å². The van der Waals surface area contributed by atoms with Gasteiger partial charge in [-0.1, -0.05) is 18.9 Å². The van der Waals surface area contributed by atoms with Crippen molar-refractivity contribution in [3.05, 3.63) is 52.9 Å². The first kappa shape index (κ1) is 15.4. The minimum absolute atomic E-state index is 0.584. The largest absolute Gasteiger partial charge is 0.382 e. The zero-order valence-electron chi connectivity index (χ0n) is 13.4. The third-order valence-electron chi connectivity index (χ3n) is 4.49. The standard InChI is InChI=1S/C18H20BrN5/c19-16-12-22-24-17(16)8-15(23-14-5-1-2-6-14)9-18(24)21-11-13-4-3-7-20-10-13/h3-4,7-10,12,14,21,23H,1-2,5-6,11H2. The molecule has 0 radical (unpaired) electrons. The number of hydrogen-bond donors (Lipinski definition) is 2. The van der Waals surface area contributed by atoms with Crippen molar-refractivity contribution in [3.63, 3.8) is 0 Å². The molecule has 1 fully saturated rings. The van der Waals surface area contributed by atoms with Gasteiger partial charge in [0, 0.05) is 36.7 Å². The molecule has 0 bridgehead atoms. The molecular formula is C18H20BrN5. The van der Waals surface area contributed by atoms with E-state index in [0.29, 0.717) is 12.6 Å². The van der Waals surface area contributed by atoms with Crippen LogP contribution in [0, 0.1) is 0 Å². The van der Waals surface area contributed by atoms with Gasteiger partial charge in [0.1, 0.15) is 5.82 Å². The van der Waals surface area contributed by atoms with Crippen LogP contribution in [0.1, 0.15) is 31.2 Å². The lowest BCUT2D eigenvalue weighted by atomic mass is 10.2. The van der Waals surface area contributed by atoms with E-state index in [4.69, 9.17) is 0 Å². The Kier molecular flexibility index (Phi) is 4.38. The molecule has 1 saturated carbocycles. The highest BCUT2D eigenvalue weighted by atomic mass is 79.9. The molecule has 0 unspecified atom stereocenters. The zero-order valence-corrected chi connectivity index (χ0v) is 15.0. The molecule has 2 N–H and O–H groups in total. The Bertz CT molecular complexity index is 824. The summed E-state index contributed by atoms with van der Waals surface area (Å²) in [5, 5.41) is 11.6. The second-order valence-corrected chi connectivity index (χ2v) is 7.11. The summed E-state index contributed by atoms with van der Waals surface area (Å²) in [5.74, 6) is 0.975. The quantitative estimate of drug-likeness (QED) is 0.680. The van der Waals surface area contributed by atoms with Gasteiger partial charge in [-0.05, 0) is 46.5 Å². The van der Waals surface area contributed by atoms with Gasteiger partial charge < -0.3 is 10.6 Å². The van der Waals surface area contributed by atoms with Crippen LogP contribution >= 0.6 is 15.9 Å². The first-order valence-corrected chi connectivity index (χ1v) is 9.15. The summed E-state index contributed by atoms with van der Waals surface area (Å²) in [5.41, 5.74) is 3.35. The summed E-state index contributed by atoms with van der Waals surface area (Å²) >= 11 is 3.60. The summed E-state index contributed by atoms with van der Waals surface area (Å²) in [6, 6.07) is 8.90. The molecule has 0 saturated heterocycles. The summed E-state index contributed by atoms with van der Waals surface area (Å²) in [4.78, 5) is 4.17. The van der Waals surface area contributed by atoms with Crippen LogP contribution in [0.15, 0.2) is 47.3 Å². The predicted octanol–water partition coefficient (Wildman–Crippen LogP) is 4.46. The summed E-state index contributed by atoms with van der Waals surface area (Å²) in [6.07, 6.45) is 10.7. The van der Waals surface area contributed by atoms with Crippen LogP contribution in [0.3, 0.4) is 0 Å². The minimum Gasteiger partial charge on any atom is -0.382 e. The molecule has 3 aromatic heterocycles. The van der Waals surface area contributed by atoms with Crippen molar-refractivity contribution < 1.29 is 0 Å². The van der Waals surface area contributed by atoms with Crippen molar-refractivity contribution in [1.29, 1.82) is 0 Å². The van der Waals surface area contributed by atoms with Gasteiger partial charge in [-0.15, -0.1) is 0 Å². The second kappa shape index (κ2) is 6.81. The smallest absolute Gasteiger partial charge is 0.130 e. The van der Waals surface area contributed by atoms with Gasteiger partial charge in [0.15, 0.2) is 0 Å². The predicted molar refractivity (Wildman–Crippen MR) is 100 cm³/mol. The van der Waals surface area contributed by atoms with E-state index in [1.54, 1.807) is 6.20 Å². The van der Waals surface area contributed by atoms with Crippen molar-refractivity contribution in [2.45, 2.75) is 38.3 Å². The highest BCUT2D eigenvalue weighted by Crippen LogP contribution is 2.28. The van der Waals surface area contributed by atoms with Crippen LogP contribution in [0.2, 0.25) is 0 Å². The van der Waals surface area contributed by atoms with E-state index in [9.17, 15) is 0 Å². The number of pyridine rings is 2. The van der Waals surface area contributed by atoms with Crippen molar-refractivity contribution in [3.8, 4) is 0 Å². The molecule has 0 atom stereocenters. The number of halogens is 1. The lowest BCUT2D eigenvalue weighted by molar-refractivity contribution is 0.755. The maximum Gasteiger partial charge on any atom is 0.130 e. The van der Waals surface area contributed by atoms with Gasteiger partial charge in [0.05, 0.1) is 16.2 Å². The molecule has 0 aromatic carbocycles. The Hall–Kier alpha value is -2.08. The molecule has 0 spiro atoms. The molecule has 124 valence electrons. The summed E-state index contributed by atoms with van der Waals surface area (Å²) < 4.78 is 2.93. The fraction of sp³-hybridized carbons (Fsp3) is 0.333. The third kappa shape index (κ3) is 3.24. The minimum atomic E-state index is 0.584. The Balaban J connectivity index is 1.62. The number of nitrogens with one attached hydrogen (secondary N) is 2. The van der Waals surface area contributed by atoms with Gasteiger partial charge in [-0.25, -0.2) is 4.52 Å². The van der Waals surface area contributed by atoms with E-state index >= 15 is 0 Å². The van der Waals surface area contributed by atoms with Crippen LogP contribution in [-0.4, -0.2) is 20.6 Å². The van der Waals surface area contributed by atoms with Crippen molar-refractivity contribution in [2.24, 2.45) is 0 Å². The lowest BCUT2D eigenvalue weighted by Crippen LogP contribution is -2.15. The Labute approximate surface area is 149 Å². The molecule has 3 aromatic rings. The van der Waals surface area contributed by atoms with Crippen molar-refractivity contribution in [2.75, 3.05) is 10.6 Å². The zero-order chi connectivity index (χ0) is 16.4. The number of anilines is 2. The SMILES string of the molecule is Brc1cnn2c(NCc3cccnc3)cc(NC3CCCC3)cc12. The topological polar surface area (TPSA) is 54.2 Å². The highest BCUT2D eigenvalue weighted by Gasteiger charge is 2.16. The maximum absolute atomic E-state index is 4.47. The molecule has 1 aliphatic rings. The fourth-order valence-corrected chi connectivity index (χ4v) is 3.64. The number of hydrogen-bond acceptors (Lipinski definition) is 4. The third-order valence-corrected chi connectivity index (χ3v) is 5.11. The number of rotatable bonds is 5. The average Bonchev–Trinajstić information content (AvgIpc) is 3.24. The first-order chi connectivity index (χ1) is 11.8. The van der Waals surface area contributed by atoms with Crippen LogP contribution in [0.25, 0.3) is 5.52 Å². The molecule has 0 amide bonds. The molecule has 0 aliphatic heterocycles. The van der Waals surface area contributed by atoms with Crippen LogP contribution in [0.4, 0.5) is 11.5 Å². The summed E-state index contributed by atoms with van der Waals surface area (Å²) in [7, 11) is 0. The van der Waals surface area contributed by atoms with E-state index in [1.165, 1.54) is 25.7 Å². The van der Waals surface area contributed by atoms with E-state index in [0.717, 1.165) is 27.1 Å². The highest BCUT2D eigenvalue weighted by molar-refractivity contribution is 9.10. The van der Waals surface area contributed by atoms with Gasteiger partial charge in [-0.2, -0.15) is 5.10 Å². The molecular weight excluding hydrogens is 366 g/mol. The van der Waals surface area contributed by atoms with Crippen molar-refractivity contribution >= 4 is 33.0 Å². The van der Waals surface area contributed by atoms with Gasteiger partial charge in [0.25, 0.3) is 0 Å². The molecule has 5 nitrogen and oxygen atoms in total. The fourth-order valence-electron chi connectivity index (χ4n) is 3.27. The number of aromatic nitrogens is 3. The molecule has 3 heterocycles. The molecule has 24 heavy (non-hydrogen) atoms. The Morgan fingerprint density at radius 3 is 2.88 bits per heavy atom. The molecule has 6 heteroatoms. The molecule has 4 rings (SSSR count). The van der Waals surface area contributed by atoms with E-state index < -0.39 is 0 Å². The van der Waals surface area contributed by atoms with E-state index in [-0.39, 0.29) is 0 Å². The maximum atomic E-state index is 4.47. The van der Waals surface area contributed by atoms with Crippen LogP contribution < -0.4 is 10.6 Å². The first-order valence-electron chi connectivity index (χ1n) is 8.36. The average molecular weight is 386 g/mol. The number of fused-ring (bicyclic) bond motifs is 1. The van der Waals surface area contributed by atoms with Crippen molar-refractivity contribution in [1.82, 2.24) is 14.6 Å². The van der Waals surface area contributed by atoms with Gasteiger partial charge >= 0.3 is 0 Å². The monoisotopic (exact) mass is 385 g/mol. The summed E-state index contributed by atoms with van der Waals surface area (Å²) in [6.45, 7) is 0.716. The van der Waals surface area contributed by atoms with E-state index in [1.807, 2.05) is 23.0 Å². The Morgan fingerprint density at radius 1 is 1.21 bits per heavy atom.